The second-order valence-corrected chi connectivity index (χ2v) is 9.17. The summed E-state index contributed by atoms with van der Waals surface area (Å²) in [6, 6.07) is 10.3. The standard InChI is InChI=1S/C19H24N4O2S/c1-2-22(16-10-13-26(24,25)14-16)19-20-11-9-18(21-19)23-12-5-7-15-6-3-4-8-17(15)23/h3-4,6,8-9,11,16H,2,5,7,10,12-14H2,1H3. The van der Waals surface area contributed by atoms with E-state index in [2.05, 4.69) is 34.1 Å². The van der Waals surface area contributed by atoms with Gasteiger partial charge in [-0.3, -0.25) is 0 Å². The van der Waals surface area contributed by atoms with Crippen LogP contribution in [0.25, 0.3) is 0 Å². The highest BCUT2D eigenvalue weighted by Crippen LogP contribution is 2.33. The summed E-state index contributed by atoms with van der Waals surface area (Å²) >= 11 is 0. The molecular formula is C19H24N4O2S. The zero-order valence-electron chi connectivity index (χ0n) is 15.0. The zero-order chi connectivity index (χ0) is 18.1. The highest BCUT2D eigenvalue weighted by molar-refractivity contribution is 7.91. The van der Waals surface area contributed by atoms with Gasteiger partial charge in [0.25, 0.3) is 0 Å². The second-order valence-electron chi connectivity index (χ2n) is 6.94. The summed E-state index contributed by atoms with van der Waals surface area (Å²) < 4.78 is 23.7. The van der Waals surface area contributed by atoms with E-state index in [1.54, 1.807) is 6.20 Å². The van der Waals surface area contributed by atoms with Crippen molar-refractivity contribution in [1.29, 1.82) is 0 Å². The lowest BCUT2D eigenvalue weighted by atomic mass is 10.0. The monoisotopic (exact) mass is 372 g/mol. The van der Waals surface area contributed by atoms with E-state index in [9.17, 15) is 8.42 Å². The predicted octanol–water partition coefficient (Wildman–Crippen LogP) is 2.57. The van der Waals surface area contributed by atoms with E-state index in [0.717, 1.165) is 25.2 Å². The molecule has 6 nitrogen and oxygen atoms in total. The molecular weight excluding hydrogens is 348 g/mol. The van der Waals surface area contributed by atoms with Crippen LogP contribution in [0.2, 0.25) is 0 Å². The fraction of sp³-hybridized carbons (Fsp3) is 0.474. The molecule has 1 fully saturated rings. The Morgan fingerprint density at radius 3 is 2.88 bits per heavy atom. The summed E-state index contributed by atoms with van der Waals surface area (Å²) in [5.41, 5.74) is 2.54. The lowest BCUT2D eigenvalue weighted by molar-refractivity contribution is 0.599. The van der Waals surface area contributed by atoms with E-state index < -0.39 is 9.84 Å². The molecule has 0 radical (unpaired) electrons. The van der Waals surface area contributed by atoms with E-state index in [1.165, 1.54) is 11.3 Å². The first-order chi connectivity index (χ1) is 12.6. The molecule has 26 heavy (non-hydrogen) atoms. The van der Waals surface area contributed by atoms with Gasteiger partial charge in [0, 0.05) is 31.0 Å². The molecule has 2 aliphatic rings. The van der Waals surface area contributed by atoms with Crippen LogP contribution in [0.15, 0.2) is 36.5 Å². The Hall–Kier alpha value is -2.15. The molecule has 7 heteroatoms. The summed E-state index contributed by atoms with van der Waals surface area (Å²) in [6.45, 7) is 3.65. The van der Waals surface area contributed by atoms with E-state index >= 15 is 0 Å². The van der Waals surface area contributed by atoms with Crippen molar-refractivity contribution in [2.75, 3.05) is 34.4 Å². The molecule has 4 rings (SSSR count). The molecule has 2 aliphatic heterocycles. The topological polar surface area (TPSA) is 66.4 Å². The third-order valence-corrected chi connectivity index (χ3v) is 7.01. The lowest BCUT2D eigenvalue weighted by Crippen LogP contribution is -2.37. The van der Waals surface area contributed by atoms with Crippen LogP contribution in [0.3, 0.4) is 0 Å². The Bertz CT molecular complexity index is 900. The van der Waals surface area contributed by atoms with Crippen molar-refractivity contribution in [2.24, 2.45) is 0 Å². The normalized spacial score (nSPS) is 21.4. The molecule has 1 aromatic heterocycles. The quantitative estimate of drug-likeness (QED) is 0.822. The summed E-state index contributed by atoms with van der Waals surface area (Å²) in [4.78, 5) is 13.5. The van der Waals surface area contributed by atoms with E-state index in [-0.39, 0.29) is 17.5 Å². The highest BCUT2D eigenvalue weighted by atomic mass is 32.2. The predicted molar refractivity (Wildman–Crippen MR) is 104 cm³/mol. The molecule has 3 heterocycles. The van der Waals surface area contributed by atoms with Crippen molar-refractivity contribution >= 4 is 27.3 Å². The molecule has 2 aromatic rings. The average Bonchev–Trinajstić information content (AvgIpc) is 3.01. The molecule has 1 saturated heterocycles. The highest BCUT2D eigenvalue weighted by Gasteiger charge is 2.33. The molecule has 0 spiro atoms. The second kappa shape index (κ2) is 6.87. The summed E-state index contributed by atoms with van der Waals surface area (Å²) in [7, 11) is -2.94. The number of anilines is 3. The number of rotatable bonds is 4. The van der Waals surface area contributed by atoms with Gasteiger partial charge in [0.15, 0.2) is 9.84 Å². The molecule has 1 aromatic carbocycles. The van der Waals surface area contributed by atoms with Gasteiger partial charge in [-0.1, -0.05) is 18.2 Å². The van der Waals surface area contributed by atoms with Crippen LogP contribution in [-0.4, -0.2) is 49.0 Å². The van der Waals surface area contributed by atoms with E-state index in [0.29, 0.717) is 18.9 Å². The number of hydrogen-bond donors (Lipinski definition) is 0. The van der Waals surface area contributed by atoms with Crippen LogP contribution in [0.1, 0.15) is 25.3 Å². The van der Waals surface area contributed by atoms with Crippen molar-refractivity contribution in [1.82, 2.24) is 9.97 Å². The van der Waals surface area contributed by atoms with Crippen LogP contribution in [-0.2, 0) is 16.3 Å². The van der Waals surface area contributed by atoms with E-state index in [4.69, 9.17) is 4.98 Å². The van der Waals surface area contributed by atoms with Crippen LogP contribution < -0.4 is 9.80 Å². The Balaban J connectivity index is 1.65. The maximum atomic E-state index is 11.9. The van der Waals surface area contributed by atoms with Gasteiger partial charge in [-0.15, -0.1) is 0 Å². The number of aromatic nitrogens is 2. The number of para-hydroxylation sites is 1. The van der Waals surface area contributed by atoms with Crippen LogP contribution in [0, 0.1) is 0 Å². The van der Waals surface area contributed by atoms with Crippen LogP contribution in [0.5, 0.6) is 0 Å². The third-order valence-electron chi connectivity index (χ3n) is 5.26. The molecule has 1 atom stereocenters. The Morgan fingerprint density at radius 1 is 1.27 bits per heavy atom. The third kappa shape index (κ3) is 3.28. The van der Waals surface area contributed by atoms with Gasteiger partial charge >= 0.3 is 0 Å². The van der Waals surface area contributed by atoms with Crippen molar-refractivity contribution in [2.45, 2.75) is 32.2 Å². The minimum absolute atomic E-state index is 0.0334. The number of sulfone groups is 1. The fourth-order valence-corrected chi connectivity index (χ4v) is 5.71. The Morgan fingerprint density at radius 2 is 2.12 bits per heavy atom. The smallest absolute Gasteiger partial charge is 0.227 e. The van der Waals surface area contributed by atoms with Gasteiger partial charge in [-0.05, 0) is 43.9 Å². The number of benzene rings is 1. The summed E-state index contributed by atoms with van der Waals surface area (Å²) in [5.74, 6) is 1.95. The SMILES string of the molecule is CCN(c1nccc(N2CCCc3ccccc32)n1)C1CCS(=O)(=O)C1. The van der Waals surface area contributed by atoms with Crippen LogP contribution >= 0.6 is 0 Å². The first-order valence-electron chi connectivity index (χ1n) is 9.23. The Labute approximate surface area is 154 Å². The van der Waals surface area contributed by atoms with Crippen molar-refractivity contribution < 1.29 is 8.42 Å². The minimum atomic E-state index is -2.94. The molecule has 138 valence electrons. The average molecular weight is 372 g/mol. The summed E-state index contributed by atoms with van der Waals surface area (Å²) in [5, 5.41) is 0. The van der Waals surface area contributed by atoms with Crippen molar-refractivity contribution in [3.63, 3.8) is 0 Å². The Kier molecular flexibility index (Phi) is 4.56. The molecule has 0 bridgehead atoms. The summed E-state index contributed by atoms with van der Waals surface area (Å²) in [6.07, 6.45) is 4.61. The zero-order valence-corrected chi connectivity index (χ0v) is 15.8. The van der Waals surface area contributed by atoms with Gasteiger partial charge in [-0.25, -0.2) is 13.4 Å². The van der Waals surface area contributed by atoms with Gasteiger partial charge in [0.05, 0.1) is 11.5 Å². The molecule has 1 unspecified atom stereocenters. The number of fused-ring (bicyclic) bond motifs is 1. The fourth-order valence-electron chi connectivity index (χ4n) is 3.98. The number of nitrogens with zero attached hydrogens (tertiary/aromatic N) is 4. The van der Waals surface area contributed by atoms with E-state index in [1.807, 2.05) is 17.9 Å². The lowest BCUT2D eigenvalue weighted by Gasteiger charge is -2.32. The minimum Gasteiger partial charge on any atom is -0.337 e. The molecule has 0 saturated carbocycles. The number of hydrogen-bond acceptors (Lipinski definition) is 6. The maximum Gasteiger partial charge on any atom is 0.227 e. The number of aryl methyl sites for hydroxylation is 1. The van der Waals surface area contributed by atoms with Crippen molar-refractivity contribution in [3.8, 4) is 0 Å². The van der Waals surface area contributed by atoms with Crippen LogP contribution in [0.4, 0.5) is 17.5 Å². The molecule has 0 N–H and O–H groups in total. The molecule has 0 aliphatic carbocycles. The first-order valence-corrected chi connectivity index (χ1v) is 11.0. The molecule has 0 amide bonds. The van der Waals surface area contributed by atoms with Gasteiger partial charge < -0.3 is 9.80 Å². The maximum absolute atomic E-state index is 11.9. The van der Waals surface area contributed by atoms with Gasteiger partial charge in [-0.2, -0.15) is 4.98 Å². The first kappa shape index (κ1) is 17.3. The van der Waals surface area contributed by atoms with Gasteiger partial charge in [0.2, 0.25) is 5.95 Å². The van der Waals surface area contributed by atoms with Gasteiger partial charge in [0.1, 0.15) is 5.82 Å². The van der Waals surface area contributed by atoms with Crippen molar-refractivity contribution in [3.05, 3.63) is 42.1 Å². The largest absolute Gasteiger partial charge is 0.337 e.